The molecule has 1 fully saturated rings. The maximum Gasteiger partial charge on any atom is 0.336 e. The summed E-state index contributed by atoms with van der Waals surface area (Å²) in [4.78, 5) is 11.8. The fraction of sp³-hybridized carbons (Fsp3) is 0.769. The summed E-state index contributed by atoms with van der Waals surface area (Å²) in [5, 5.41) is 10.0. The third-order valence-electron chi connectivity index (χ3n) is 2.63. The molecule has 104 valence electrons. The Morgan fingerprint density at radius 3 is 2.67 bits per heavy atom. The average Bonchev–Trinajstić information content (AvgIpc) is 2.29. The standard InChI is InChI=1S/C13H22O5/c1-5-9(10-6-7-16-8-17-10)11(14)12(15)18-13(2,3)4/h5,9-11,14H,1,6-8H2,2-4H3/t9-,10+,11+/m1/s1. The van der Waals surface area contributed by atoms with Gasteiger partial charge in [-0.05, 0) is 27.2 Å². The molecule has 3 atom stereocenters. The Labute approximate surface area is 108 Å². The Hall–Kier alpha value is -0.910. The number of hydrogen-bond donors (Lipinski definition) is 1. The number of aliphatic hydroxyl groups is 1. The summed E-state index contributed by atoms with van der Waals surface area (Å²) in [6, 6.07) is 0. The molecule has 1 N–H and O–H groups in total. The van der Waals surface area contributed by atoms with Crippen LogP contribution in [0, 0.1) is 5.92 Å². The molecule has 0 spiro atoms. The molecule has 0 radical (unpaired) electrons. The first kappa shape index (κ1) is 15.1. The SMILES string of the molecule is C=C[C@H]([C@@H]1CCOCO1)[C@H](O)C(=O)OC(C)(C)C. The van der Waals surface area contributed by atoms with Gasteiger partial charge in [0.25, 0.3) is 0 Å². The molecule has 1 heterocycles. The summed E-state index contributed by atoms with van der Waals surface area (Å²) in [5.74, 6) is -1.13. The highest BCUT2D eigenvalue weighted by atomic mass is 16.7. The predicted molar refractivity (Wildman–Crippen MR) is 65.8 cm³/mol. The van der Waals surface area contributed by atoms with E-state index in [0.29, 0.717) is 13.0 Å². The molecule has 18 heavy (non-hydrogen) atoms. The van der Waals surface area contributed by atoms with E-state index < -0.39 is 23.6 Å². The van der Waals surface area contributed by atoms with Gasteiger partial charge in [0, 0.05) is 5.92 Å². The largest absolute Gasteiger partial charge is 0.458 e. The second-order valence-corrected chi connectivity index (χ2v) is 5.31. The van der Waals surface area contributed by atoms with Crippen LogP contribution in [0.4, 0.5) is 0 Å². The van der Waals surface area contributed by atoms with Crippen molar-refractivity contribution in [3.05, 3.63) is 12.7 Å². The van der Waals surface area contributed by atoms with E-state index in [1.165, 1.54) is 6.08 Å². The lowest BCUT2D eigenvalue weighted by Crippen LogP contribution is -2.43. The van der Waals surface area contributed by atoms with E-state index in [-0.39, 0.29) is 12.9 Å². The second-order valence-electron chi connectivity index (χ2n) is 5.31. The first-order valence-corrected chi connectivity index (χ1v) is 6.08. The Balaban J connectivity index is 2.63. The van der Waals surface area contributed by atoms with Crippen molar-refractivity contribution in [1.29, 1.82) is 0 Å². The lowest BCUT2D eigenvalue weighted by molar-refractivity contribution is -0.182. The van der Waals surface area contributed by atoms with Crippen LogP contribution in [0.2, 0.25) is 0 Å². The topological polar surface area (TPSA) is 65.0 Å². The van der Waals surface area contributed by atoms with E-state index in [4.69, 9.17) is 14.2 Å². The van der Waals surface area contributed by atoms with Crippen molar-refractivity contribution < 1.29 is 24.1 Å². The molecule has 0 aromatic heterocycles. The molecule has 1 rings (SSSR count). The molecule has 0 aromatic rings. The molecule has 0 unspecified atom stereocenters. The van der Waals surface area contributed by atoms with Gasteiger partial charge in [0.05, 0.1) is 12.7 Å². The Kier molecular flexibility index (Phi) is 5.31. The fourth-order valence-corrected chi connectivity index (χ4v) is 1.78. The molecule has 0 saturated carbocycles. The number of rotatable bonds is 4. The van der Waals surface area contributed by atoms with Crippen molar-refractivity contribution in [3.63, 3.8) is 0 Å². The van der Waals surface area contributed by atoms with Gasteiger partial charge >= 0.3 is 5.97 Å². The smallest absolute Gasteiger partial charge is 0.336 e. The van der Waals surface area contributed by atoms with E-state index >= 15 is 0 Å². The molecule has 0 aromatic carbocycles. The normalized spacial score (nSPS) is 24.1. The van der Waals surface area contributed by atoms with Gasteiger partial charge in [0.2, 0.25) is 0 Å². The van der Waals surface area contributed by atoms with Gasteiger partial charge in [-0.15, -0.1) is 6.58 Å². The summed E-state index contributed by atoms with van der Waals surface area (Å²) in [7, 11) is 0. The molecule has 5 heteroatoms. The van der Waals surface area contributed by atoms with Crippen LogP contribution < -0.4 is 0 Å². The van der Waals surface area contributed by atoms with Crippen molar-refractivity contribution in [1.82, 2.24) is 0 Å². The maximum absolute atomic E-state index is 11.8. The highest BCUT2D eigenvalue weighted by Gasteiger charge is 2.35. The number of carbonyl (C=O) groups excluding carboxylic acids is 1. The van der Waals surface area contributed by atoms with Crippen LogP contribution in [0.1, 0.15) is 27.2 Å². The maximum atomic E-state index is 11.8. The number of ether oxygens (including phenoxy) is 3. The number of hydrogen-bond acceptors (Lipinski definition) is 5. The predicted octanol–water partition coefficient (Wildman–Crippen LogP) is 1.25. The van der Waals surface area contributed by atoms with E-state index in [2.05, 4.69) is 6.58 Å². The quantitative estimate of drug-likeness (QED) is 0.607. The van der Waals surface area contributed by atoms with Crippen LogP contribution in [0.3, 0.4) is 0 Å². The van der Waals surface area contributed by atoms with E-state index in [9.17, 15) is 9.90 Å². The lowest BCUT2D eigenvalue weighted by atomic mass is 9.93. The minimum Gasteiger partial charge on any atom is -0.458 e. The minimum absolute atomic E-state index is 0.177. The van der Waals surface area contributed by atoms with Gasteiger partial charge in [0.15, 0.2) is 6.10 Å². The van der Waals surface area contributed by atoms with Gasteiger partial charge in [-0.1, -0.05) is 6.08 Å². The van der Waals surface area contributed by atoms with Crippen molar-refractivity contribution in [3.8, 4) is 0 Å². The van der Waals surface area contributed by atoms with Gasteiger partial charge in [-0.25, -0.2) is 4.79 Å². The van der Waals surface area contributed by atoms with Crippen LogP contribution in [-0.4, -0.2) is 42.3 Å². The van der Waals surface area contributed by atoms with Gasteiger partial charge in [0.1, 0.15) is 12.4 Å². The lowest BCUT2D eigenvalue weighted by Gasteiger charge is -2.31. The van der Waals surface area contributed by atoms with Gasteiger partial charge in [-0.3, -0.25) is 0 Å². The fourth-order valence-electron chi connectivity index (χ4n) is 1.78. The Morgan fingerprint density at radius 1 is 1.56 bits per heavy atom. The summed E-state index contributed by atoms with van der Waals surface area (Å²) in [6.07, 6.45) is 0.629. The first-order chi connectivity index (χ1) is 8.35. The number of carbonyl (C=O) groups is 1. The second kappa shape index (κ2) is 6.31. The van der Waals surface area contributed by atoms with Crippen LogP contribution in [0.15, 0.2) is 12.7 Å². The highest BCUT2D eigenvalue weighted by molar-refractivity contribution is 5.75. The number of esters is 1. The zero-order chi connectivity index (χ0) is 13.8. The third kappa shape index (κ3) is 4.40. The molecule has 1 aliphatic heterocycles. The molecule has 0 amide bonds. The van der Waals surface area contributed by atoms with E-state index in [0.717, 1.165) is 0 Å². The molecule has 5 nitrogen and oxygen atoms in total. The zero-order valence-corrected chi connectivity index (χ0v) is 11.2. The number of aliphatic hydroxyl groups excluding tert-OH is 1. The van der Waals surface area contributed by atoms with Crippen molar-refractivity contribution in [2.45, 2.75) is 45.0 Å². The first-order valence-electron chi connectivity index (χ1n) is 6.08. The monoisotopic (exact) mass is 258 g/mol. The van der Waals surface area contributed by atoms with Crippen LogP contribution >= 0.6 is 0 Å². The molecule has 1 aliphatic rings. The van der Waals surface area contributed by atoms with E-state index in [1.54, 1.807) is 20.8 Å². The Morgan fingerprint density at radius 2 is 2.22 bits per heavy atom. The van der Waals surface area contributed by atoms with Crippen LogP contribution in [0.25, 0.3) is 0 Å². The average molecular weight is 258 g/mol. The van der Waals surface area contributed by atoms with Crippen molar-refractivity contribution >= 4 is 5.97 Å². The summed E-state index contributed by atoms with van der Waals surface area (Å²) < 4.78 is 15.6. The van der Waals surface area contributed by atoms with Gasteiger partial charge in [-0.2, -0.15) is 0 Å². The highest BCUT2D eigenvalue weighted by Crippen LogP contribution is 2.22. The summed E-state index contributed by atoms with van der Waals surface area (Å²) in [6.45, 7) is 9.64. The third-order valence-corrected chi connectivity index (χ3v) is 2.63. The molecular formula is C13H22O5. The Bertz CT molecular complexity index is 288. The molecular weight excluding hydrogens is 236 g/mol. The molecule has 0 aliphatic carbocycles. The molecule has 1 saturated heterocycles. The van der Waals surface area contributed by atoms with Crippen molar-refractivity contribution in [2.24, 2.45) is 5.92 Å². The summed E-state index contributed by atoms with van der Waals surface area (Å²) in [5.41, 5.74) is -0.625. The summed E-state index contributed by atoms with van der Waals surface area (Å²) >= 11 is 0. The van der Waals surface area contributed by atoms with Crippen LogP contribution in [0.5, 0.6) is 0 Å². The zero-order valence-electron chi connectivity index (χ0n) is 11.2. The van der Waals surface area contributed by atoms with Crippen molar-refractivity contribution in [2.75, 3.05) is 13.4 Å². The minimum atomic E-state index is -1.26. The van der Waals surface area contributed by atoms with Gasteiger partial charge < -0.3 is 19.3 Å². The molecule has 0 bridgehead atoms. The van der Waals surface area contributed by atoms with Crippen LogP contribution in [-0.2, 0) is 19.0 Å². The van der Waals surface area contributed by atoms with E-state index in [1.807, 2.05) is 0 Å².